The molecule has 7 nitrogen and oxygen atoms in total. The minimum absolute atomic E-state index is 0.0455. The van der Waals surface area contributed by atoms with Crippen molar-refractivity contribution in [3.63, 3.8) is 0 Å². The average Bonchev–Trinajstić information content (AvgIpc) is 2.66. The molecule has 2 rings (SSSR count). The smallest absolute Gasteiger partial charge is 0.353 e. The summed E-state index contributed by atoms with van der Waals surface area (Å²) in [4.78, 5) is 38.9. The molecule has 1 aliphatic rings. The first kappa shape index (κ1) is 21.7. The molecule has 3 amide bonds. The maximum absolute atomic E-state index is 12.5. The highest BCUT2D eigenvalue weighted by Gasteiger charge is 2.30. The number of nitrogens with one attached hydrogen (secondary N) is 2. The summed E-state index contributed by atoms with van der Waals surface area (Å²) < 4.78 is 37.5. The van der Waals surface area contributed by atoms with Gasteiger partial charge >= 0.3 is 6.18 Å². The molecule has 0 spiro atoms. The fourth-order valence-electron chi connectivity index (χ4n) is 2.78. The van der Waals surface area contributed by atoms with E-state index in [9.17, 15) is 27.6 Å². The second-order valence-electron chi connectivity index (χ2n) is 6.46. The van der Waals surface area contributed by atoms with Crippen molar-refractivity contribution in [2.24, 2.45) is 0 Å². The zero-order valence-corrected chi connectivity index (χ0v) is 15.5. The monoisotopic (exact) mass is 400 g/mol. The van der Waals surface area contributed by atoms with Crippen LogP contribution in [0.3, 0.4) is 0 Å². The summed E-state index contributed by atoms with van der Waals surface area (Å²) in [6.45, 7) is 5.09. The molecular formula is C18H23F3N4O3. The Labute approximate surface area is 160 Å². The largest absolute Gasteiger partial charge is 0.416 e. The summed E-state index contributed by atoms with van der Waals surface area (Å²) in [5.41, 5.74) is -0.796. The van der Waals surface area contributed by atoms with E-state index in [-0.39, 0.29) is 23.9 Å². The van der Waals surface area contributed by atoms with Crippen molar-refractivity contribution in [2.75, 3.05) is 45.8 Å². The van der Waals surface area contributed by atoms with Crippen LogP contribution in [0.25, 0.3) is 0 Å². The molecule has 0 bridgehead atoms. The van der Waals surface area contributed by atoms with Gasteiger partial charge in [0, 0.05) is 51.8 Å². The molecule has 0 unspecified atom stereocenters. The highest BCUT2D eigenvalue weighted by atomic mass is 19.4. The van der Waals surface area contributed by atoms with Crippen LogP contribution in [0.4, 0.5) is 13.2 Å². The van der Waals surface area contributed by atoms with Crippen LogP contribution in [0.5, 0.6) is 0 Å². The Kier molecular flexibility index (Phi) is 7.38. The maximum atomic E-state index is 12.5. The van der Waals surface area contributed by atoms with Gasteiger partial charge in [0.2, 0.25) is 11.8 Å². The number of carbonyl (C=O) groups is 3. The van der Waals surface area contributed by atoms with Crippen LogP contribution in [0, 0.1) is 0 Å². The number of hydrogen-bond acceptors (Lipinski definition) is 4. The third kappa shape index (κ3) is 6.52. The minimum Gasteiger partial charge on any atom is -0.353 e. The number of amides is 3. The number of benzene rings is 1. The van der Waals surface area contributed by atoms with Gasteiger partial charge in [0.25, 0.3) is 5.91 Å². The van der Waals surface area contributed by atoms with E-state index in [0.29, 0.717) is 26.2 Å². The van der Waals surface area contributed by atoms with Crippen LogP contribution >= 0.6 is 0 Å². The van der Waals surface area contributed by atoms with E-state index in [1.54, 1.807) is 4.90 Å². The van der Waals surface area contributed by atoms with Crippen molar-refractivity contribution in [2.45, 2.75) is 13.1 Å². The van der Waals surface area contributed by atoms with Crippen molar-refractivity contribution in [3.8, 4) is 0 Å². The van der Waals surface area contributed by atoms with Gasteiger partial charge < -0.3 is 15.5 Å². The van der Waals surface area contributed by atoms with Gasteiger partial charge in [-0.15, -0.1) is 0 Å². The van der Waals surface area contributed by atoms with E-state index < -0.39 is 17.6 Å². The number of nitrogens with zero attached hydrogens (tertiary/aromatic N) is 2. The number of piperazine rings is 1. The first-order valence-corrected chi connectivity index (χ1v) is 8.87. The predicted molar refractivity (Wildman–Crippen MR) is 95.5 cm³/mol. The van der Waals surface area contributed by atoms with Crippen LogP contribution in [0.15, 0.2) is 24.3 Å². The topological polar surface area (TPSA) is 81.8 Å². The van der Waals surface area contributed by atoms with Crippen LogP contribution in [0.1, 0.15) is 22.8 Å². The molecule has 2 N–H and O–H groups in total. The number of carbonyl (C=O) groups excluding carboxylic acids is 3. The Morgan fingerprint density at radius 2 is 1.61 bits per heavy atom. The Morgan fingerprint density at radius 3 is 2.14 bits per heavy atom. The lowest BCUT2D eigenvalue weighted by Gasteiger charge is -2.34. The van der Waals surface area contributed by atoms with Gasteiger partial charge in [0.05, 0.1) is 12.1 Å². The predicted octanol–water partition coefficient (Wildman–Crippen LogP) is 0.716. The number of rotatable bonds is 6. The lowest BCUT2D eigenvalue weighted by Crippen LogP contribution is -2.50. The molecule has 0 saturated carbocycles. The molecule has 1 saturated heterocycles. The van der Waals surface area contributed by atoms with Gasteiger partial charge in [0.15, 0.2) is 0 Å². The molecule has 28 heavy (non-hydrogen) atoms. The van der Waals surface area contributed by atoms with E-state index in [0.717, 1.165) is 37.4 Å². The van der Waals surface area contributed by atoms with Gasteiger partial charge in [-0.05, 0) is 24.3 Å². The van der Waals surface area contributed by atoms with Gasteiger partial charge in [-0.2, -0.15) is 13.2 Å². The van der Waals surface area contributed by atoms with E-state index in [2.05, 4.69) is 15.5 Å². The molecule has 1 fully saturated rings. The lowest BCUT2D eigenvalue weighted by molar-refractivity contribution is -0.137. The molecule has 1 aromatic rings. The number of alkyl halides is 3. The van der Waals surface area contributed by atoms with Crippen molar-refractivity contribution in [1.29, 1.82) is 0 Å². The molecule has 0 radical (unpaired) electrons. The zero-order chi connectivity index (χ0) is 20.7. The van der Waals surface area contributed by atoms with E-state index in [1.807, 2.05) is 0 Å². The second-order valence-corrected chi connectivity index (χ2v) is 6.46. The van der Waals surface area contributed by atoms with Gasteiger partial charge in [-0.25, -0.2) is 0 Å². The lowest BCUT2D eigenvalue weighted by atomic mass is 10.1. The fourth-order valence-corrected chi connectivity index (χ4v) is 2.78. The van der Waals surface area contributed by atoms with Crippen molar-refractivity contribution < 1.29 is 27.6 Å². The molecule has 0 atom stereocenters. The van der Waals surface area contributed by atoms with Crippen LogP contribution in [-0.2, 0) is 15.8 Å². The molecule has 10 heteroatoms. The van der Waals surface area contributed by atoms with Gasteiger partial charge in [-0.1, -0.05) is 0 Å². The van der Waals surface area contributed by atoms with Crippen molar-refractivity contribution in [1.82, 2.24) is 20.4 Å². The first-order chi connectivity index (χ1) is 13.2. The number of halogens is 3. The first-order valence-electron chi connectivity index (χ1n) is 8.87. The summed E-state index contributed by atoms with van der Waals surface area (Å²) >= 11 is 0. The third-order valence-electron chi connectivity index (χ3n) is 4.45. The van der Waals surface area contributed by atoms with Crippen LogP contribution in [-0.4, -0.2) is 73.3 Å². The van der Waals surface area contributed by atoms with E-state index in [4.69, 9.17) is 0 Å². The zero-order valence-electron chi connectivity index (χ0n) is 15.5. The second kappa shape index (κ2) is 9.54. The fraction of sp³-hybridized carbons (Fsp3) is 0.500. The van der Waals surface area contributed by atoms with Gasteiger partial charge in [-0.3, -0.25) is 19.3 Å². The quantitative estimate of drug-likeness (QED) is 0.737. The van der Waals surface area contributed by atoms with Crippen molar-refractivity contribution >= 4 is 17.7 Å². The Hall–Kier alpha value is -2.62. The summed E-state index contributed by atoms with van der Waals surface area (Å²) in [6.07, 6.45) is -4.46. The summed E-state index contributed by atoms with van der Waals surface area (Å²) in [7, 11) is 0. The Balaban J connectivity index is 1.65. The normalized spacial score (nSPS) is 15.2. The summed E-state index contributed by atoms with van der Waals surface area (Å²) in [5, 5.41) is 5.05. The molecule has 1 aliphatic heterocycles. The van der Waals surface area contributed by atoms with Crippen LogP contribution < -0.4 is 10.6 Å². The standard InChI is InChI=1S/C18H23F3N4O3/c1-13(26)25-10-8-24(9-11-25)7-6-22-16(27)12-23-17(28)14-2-4-15(5-3-14)18(19,20)21/h2-5H,6-12H2,1H3,(H,22,27)(H,23,28). The minimum atomic E-state index is -4.46. The molecule has 1 aromatic carbocycles. The summed E-state index contributed by atoms with van der Waals surface area (Å²) in [6, 6.07) is 3.77. The van der Waals surface area contributed by atoms with E-state index >= 15 is 0 Å². The maximum Gasteiger partial charge on any atom is 0.416 e. The Bertz CT molecular complexity index is 699. The SMILES string of the molecule is CC(=O)N1CCN(CCNC(=O)CNC(=O)c2ccc(C(F)(F)F)cc2)CC1. The molecule has 0 aliphatic carbocycles. The molecule has 154 valence electrons. The van der Waals surface area contributed by atoms with Crippen LogP contribution in [0.2, 0.25) is 0 Å². The highest BCUT2D eigenvalue weighted by molar-refractivity contribution is 5.96. The Morgan fingerprint density at radius 1 is 1.00 bits per heavy atom. The summed E-state index contributed by atoms with van der Waals surface area (Å²) in [5.74, 6) is -0.955. The number of hydrogen-bond donors (Lipinski definition) is 2. The molecule has 1 heterocycles. The average molecular weight is 400 g/mol. The van der Waals surface area contributed by atoms with Crippen molar-refractivity contribution in [3.05, 3.63) is 35.4 Å². The molecule has 0 aromatic heterocycles. The molecular weight excluding hydrogens is 377 g/mol. The highest BCUT2D eigenvalue weighted by Crippen LogP contribution is 2.29. The third-order valence-corrected chi connectivity index (χ3v) is 4.45. The van der Waals surface area contributed by atoms with Gasteiger partial charge in [0.1, 0.15) is 0 Å². The van der Waals surface area contributed by atoms with E-state index in [1.165, 1.54) is 6.92 Å².